The molecule has 0 heterocycles. The van der Waals surface area contributed by atoms with Crippen molar-refractivity contribution in [3.05, 3.63) is 0 Å². The summed E-state index contributed by atoms with van der Waals surface area (Å²) < 4.78 is 61.5. The van der Waals surface area contributed by atoms with Crippen LogP contribution in [0.2, 0.25) is 0 Å². The molecule has 0 N–H and O–H groups in total. The van der Waals surface area contributed by atoms with Gasteiger partial charge in [-0.25, -0.2) is 0 Å². The molecule has 0 bridgehead atoms. The van der Waals surface area contributed by atoms with Crippen molar-refractivity contribution >= 4 is 33.9 Å². The van der Waals surface area contributed by atoms with Crippen LogP contribution < -0.4 is 0 Å². The quantitative estimate of drug-likeness (QED) is 0.391. The Morgan fingerprint density at radius 1 is 0.538 bits per heavy atom. The van der Waals surface area contributed by atoms with E-state index in [1.807, 2.05) is 54.9 Å². The van der Waals surface area contributed by atoms with Gasteiger partial charge in [0.05, 0.1) is 0 Å². The van der Waals surface area contributed by atoms with Crippen molar-refractivity contribution in [1.29, 1.82) is 0 Å². The second-order valence-corrected chi connectivity index (χ2v) is 24.7. The Bertz CT molecular complexity index is 597. The molecule has 0 atom stereocenters. The molecule has 0 unspecified atom stereocenters. The van der Waals surface area contributed by atoms with Crippen molar-refractivity contribution in [2.75, 3.05) is 61.8 Å². The first kappa shape index (κ1) is 26.7. The van der Waals surface area contributed by atoms with E-state index >= 15 is 0 Å². The van der Waals surface area contributed by atoms with Gasteiger partial charge in [-0.3, -0.25) is 0 Å². The van der Waals surface area contributed by atoms with Crippen molar-refractivity contribution in [2.45, 2.75) is 41.5 Å². The van der Waals surface area contributed by atoms with Crippen molar-refractivity contribution in [1.82, 2.24) is 0 Å². The van der Waals surface area contributed by atoms with Gasteiger partial charge < -0.3 is 0 Å². The average Bonchev–Trinajstić information content (AvgIpc) is 2.60. The van der Waals surface area contributed by atoms with Crippen molar-refractivity contribution < 1.29 is 24.8 Å². The second-order valence-electron chi connectivity index (χ2n) is 7.95. The Hall–Kier alpha value is 0.680. The van der Waals surface area contributed by atoms with E-state index in [0.29, 0.717) is 37.0 Å². The Labute approximate surface area is 162 Å². The second kappa shape index (κ2) is 8.59. The third-order valence-electron chi connectivity index (χ3n) is 6.63. The van der Waals surface area contributed by atoms with Gasteiger partial charge in [-0.05, 0) is 0 Å². The van der Waals surface area contributed by atoms with Gasteiger partial charge in [0.2, 0.25) is 0 Å². The van der Waals surface area contributed by atoms with Crippen LogP contribution in [-0.4, -0.2) is 78.6 Å². The summed E-state index contributed by atoms with van der Waals surface area (Å²) in [5.41, 5.74) is 0. The Morgan fingerprint density at radius 2 is 0.731 bits per heavy atom. The zero-order chi connectivity index (χ0) is 21.0. The SMILES string of the molecule is CCP(C)(CC)(CC)OS(=O)(=O)CCS(=O)(=O)OP(C)(CC)(CC)CC. The molecule has 0 fully saturated rings. The molecule has 0 radical (unpaired) electrons. The summed E-state index contributed by atoms with van der Waals surface area (Å²) in [7, 11) is -7.90. The first-order chi connectivity index (χ1) is 11.6. The van der Waals surface area contributed by atoms with Gasteiger partial charge in [0.25, 0.3) is 0 Å². The molecule has 162 valence electrons. The molecule has 0 aliphatic heterocycles. The monoisotopic (exact) mass is 454 g/mol. The first-order valence-corrected chi connectivity index (χ1v) is 18.9. The van der Waals surface area contributed by atoms with Crippen LogP contribution in [-0.2, 0) is 28.2 Å². The summed E-state index contributed by atoms with van der Waals surface area (Å²) in [6, 6.07) is 0. The van der Waals surface area contributed by atoms with Crippen LogP contribution in [0.15, 0.2) is 0 Å². The minimum atomic E-state index is -3.95. The predicted molar refractivity (Wildman–Crippen MR) is 119 cm³/mol. The van der Waals surface area contributed by atoms with Crippen molar-refractivity contribution in [2.24, 2.45) is 0 Å². The molecule has 10 heteroatoms. The molecule has 0 aromatic carbocycles. The topological polar surface area (TPSA) is 86.7 Å². The Kier molecular flexibility index (Phi) is 8.81. The summed E-state index contributed by atoms with van der Waals surface area (Å²) in [6.07, 6.45) is 3.88. The molecule has 0 saturated heterocycles. The zero-order valence-corrected chi connectivity index (χ0v) is 21.2. The van der Waals surface area contributed by atoms with Crippen molar-refractivity contribution in [3.63, 3.8) is 0 Å². The van der Waals surface area contributed by atoms with Crippen LogP contribution in [0.25, 0.3) is 0 Å². The molecule has 0 aliphatic carbocycles. The van der Waals surface area contributed by atoms with Crippen LogP contribution in [0.1, 0.15) is 41.5 Å². The molecule has 6 nitrogen and oxygen atoms in total. The van der Waals surface area contributed by atoms with Crippen LogP contribution in [0.5, 0.6) is 0 Å². The van der Waals surface area contributed by atoms with Crippen molar-refractivity contribution in [3.8, 4) is 0 Å². The van der Waals surface area contributed by atoms with Crippen LogP contribution in [0, 0.1) is 0 Å². The number of hydrogen-bond donors (Lipinski definition) is 0. The molecule has 0 saturated carbocycles. The summed E-state index contributed by atoms with van der Waals surface area (Å²) in [6.45, 7) is 9.78. The Balaban J connectivity index is 5.40. The summed E-state index contributed by atoms with van der Waals surface area (Å²) >= 11 is 0. The van der Waals surface area contributed by atoms with Gasteiger partial charge >= 0.3 is 162 Å². The third kappa shape index (κ3) is 6.63. The van der Waals surface area contributed by atoms with Crippen LogP contribution >= 0.6 is 13.7 Å². The minimum absolute atomic E-state index is 0.565. The molecule has 0 amide bonds. The fraction of sp³-hybridized carbons (Fsp3) is 1.00. The van der Waals surface area contributed by atoms with E-state index in [9.17, 15) is 16.8 Å². The maximum absolute atomic E-state index is 12.5. The van der Waals surface area contributed by atoms with Gasteiger partial charge in [0, 0.05) is 0 Å². The van der Waals surface area contributed by atoms with Gasteiger partial charge in [0.1, 0.15) is 0 Å². The number of rotatable bonds is 13. The summed E-state index contributed by atoms with van der Waals surface area (Å²) in [4.78, 5) is 0. The third-order valence-corrected chi connectivity index (χ3v) is 24.5. The molecule has 0 rings (SSSR count). The van der Waals surface area contributed by atoms with Crippen LogP contribution in [0.4, 0.5) is 0 Å². The molecule has 0 aromatic heterocycles. The van der Waals surface area contributed by atoms with E-state index in [1.54, 1.807) is 0 Å². The molecular weight excluding hydrogens is 414 g/mol. The van der Waals surface area contributed by atoms with Crippen LogP contribution in [0.3, 0.4) is 0 Å². The summed E-state index contributed by atoms with van der Waals surface area (Å²) in [5.74, 6) is -1.13. The van der Waals surface area contributed by atoms with Gasteiger partial charge in [-0.15, -0.1) is 0 Å². The van der Waals surface area contributed by atoms with E-state index < -0.39 is 45.4 Å². The molecular formula is C16H40O6P2S2. The fourth-order valence-corrected chi connectivity index (χ4v) is 15.8. The fourth-order valence-electron chi connectivity index (χ4n) is 2.65. The Morgan fingerprint density at radius 3 is 0.885 bits per heavy atom. The normalized spacial score (nSPS) is 17.2. The number of hydrogen-bond acceptors (Lipinski definition) is 6. The molecule has 26 heavy (non-hydrogen) atoms. The van der Waals surface area contributed by atoms with E-state index in [1.165, 1.54) is 0 Å². The molecule has 0 aliphatic rings. The van der Waals surface area contributed by atoms with E-state index in [2.05, 4.69) is 0 Å². The van der Waals surface area contributed by atoms with Gasteiger partial charge in [-0.1, -0.05) is 0 Å². The predicted octanol–water partition coefficient (Wildman–Crippen LogP) is 3.99. The molecule has 0 aromatic rings. The average molecular weight is 455 g/mol. The first-order valence-electron chi connectivity index (χ1n) is 9.48. The summed E-state index contributed by atoms with van der Waals surface area (Å²) in [5, 5.41) is 0. The maximum atomic E-state index is 12.5. The van der Waals surface area contributed by atoms with Gasteiger partial charge in [0.15, 0.2) is 0 Å². The van der Waals surface area contributed by atoms with E-state index in [0.717, 1.165) is 0 Å². The standard InChI is InChI=1S/C16H40O6P2S2/c1-9-23(7,10-2,11-3)21-25(17,18)15-16-26(19,20)22-24(8,12-4,13-5)14-6/h9-16H2,1-8H3. The van der Waals surface area contributed by atoms with E-state index in [4.69, 9.17) is 7.94 Å². The van der Waals surface area contributed by atoms with Gasteiger partial charge in [-0.2, -0.15) is 0 Å². The molecule has 0 spiro atoms. The van der Waals surface area contributed by atoms with E-state index in [-0.39, 0.29) is 0 Å². The zero-order valence-electron chi connectivity index (χ0n) is 17.8.